The lowest BCUT2D eigenvalue weighted by molar-refractivity contribution is -0.0309. The zero-order chi connectivity index (χ0) is 17.6. The standard InChI is InChI=1S/C20H29FN4O/c21-18-8-22-19(23-9-18)24-13-20(14-24)7-17(12-26-11-16-3-4-16)5-6-25(20)10-15-1-2-15/h8-9,15-17H,1-7,10-14H2/t17-/m1/s1. The molecule has 142 valence electrons. The molecule has 0 aromatic carbocycles. The lowest BCUT2D eigenvalue weighted by atomic mass is 9.75. The molecule has 4 aliphatic rings. The fourth-order valence-electron chi connectivity index (χ4n) is 4.67. The van der Waals surface area contributed by atoms with E-state index < -0.39 is 0 Å². The largest absolute Gasteiger partial charge is 0.381 e. The van der Waals surface area contributed by atoms with Gasteiger partial charge in [0, 0.05) is 32.8 Å². The molecule has 0 bridgehead atoms. The zero-order valence-electron chi connectivity index (χ0n) is 15.4. The molecule has 1 aromatic rings. The van der Waals surface area contributed by atoms with Crippen LogP contribution in [0.2, 0.25) is 0 Å². The second-order valence-corrected chi connectivity index (χ2v) is 9.01. The molecular weight excluding hydrogens is 331 g/mol. The van der Waals surface area contributed by atoms with E-state index in [1.54, 1.807) is 0 Å². The predicted octanol–water partition coefficient (Wildman–Crippen LogP) is 2.72. The molecule has 26 heavy (non-hydrogen) atoms. The van der Waals surface area contributed by atoms with E-state index in [1.165, 1.54) is 64.0 Å². The quantitative estimate of drug-likeness (QED) is 0.748. The number of hydrogen-bond acceptors (Lipinski definition) is 5. The fraction of sp³-hybridized carbons (Fsp3) is 0.800. The third kappa shape index (κ3) is 3.58. The van der Waals surface area contributed by atoms with Gasteiger partial charge in [-0.15, -0.1) is 0 Å². The molecule has 5 nitrogen and oxygen atoms in total. The first-order valence-electron chi connectivity index (χ1n) is 10.3. The van der Waals surface area contributed by atoms with Crippen LogP contribution in [-0.2, 0) is 4.74 Å². The summed E-state index contributed by atoms with van der Waals surface area (Å²) in [5, 5.41) is 0. The highest BCUT2D eigenvalue weighted by atomic mass is 19.1. The van der Waals surface area contributed by atoms with Crippen molar-refractivity contribution in [2.75, 3.05) is 44.3 Å². The number of anilines is 1. The lowest BCUT2D eigenvalue weighted by Crippen LogP contribution is -2.73. The van der Waals surface area contributed by atoms with Gasteiger partial charge in [0.1, 0.15) is 0 Å². The number of rotatable bonds is 7. The van der Waals surface area contributed by atoms with E-state index in [9.17, 15) is 4.39 Å². The maximum absolute atomic E-state index is 13.1. The van der Waals surface area contributed by atoms with Crippen LogP contribution in [0.5, 0.6) is 0 Å². The van der Waals surface area contributed by atoms with Gasteiger partial charge in [0.05, 0.1) is 17.9 Å². The Labute approximate surface area is 154 Å². The summed E-state index contributed by atoms with van der Waals surface area (Å²) in [6, 6.07) is 0. The van der Waals surface area contributed by atoms with E-state index in [4.69, 9.17) is 4.74 Å². The van der Waals surface area contributed by atoms with Crippen molar-refractivity contribution in [2.24, 2.45) is 17.8 Å². The highest BCUT2D eigenvalue weighted by Crippen LogP contribution is 2.43. The molecule has 2 saturated carbocycles. The van der Waals surface area contributed by atoms with E-state index in [2.05, 4.69) is 19.8 Å². The summed E-state index contributed by atoms with van der Waals surface area (Å²) in [5.41, 5.74) is 0.242. The summed E-state index contributed by atoms with van der Waals surface area (Å²) in [6.45, 7) is 6.24. The van der Waals surface area contributed by atoms with Crippen molar-refractivity contribution in [2.45, 2.75) is 44.1 Å². The van der Waals surface area contributed by atoms with Gasteiger partial charge in [0.15, 0.2) is 5.82 Å². The van der Waals surface area contributed by atoms with Gasteiger partial charge in [-0.05, 0) is 62.8 Å². The molecule has 0 unspecified atom stereocenters. The number of halogens is 1. The molecule has 4 fully saturated rings. The molecule has 6 heteroatoms. The van der Waals surface area contributed by atoms with Crippen LogP contribution in [0.25, 0.3) is 0 Å². The van der Waals surface area contributed by atoms with Gasteiger partial charge in [-0.2, -0.15) is 0 Å². The first-order valence-corrected chi connectivity index (χ1v) is 10.3. The minimum atomic E-state index is -0.370. The summed E-state index contributed by atoms with van der Waals surface area (Å²) >= 11 is 0. The normalized spacial score (nSPS) is 28.3. The Hall–Kier alpha value is -1.27. The average molecular weight is 360 g/mol. The summed E-state index contributed by atoms with van der Waals surface area (Å²) in [5.74, 6) is 2.71. The van der Waals surface area contributed by atoms with Gasteiger partial charge < -0.3 is 9.64 Å². The second kappa shape index (κ2) is 6.71. The maximum atomic E-state index is 13.1. The Morgan fingerprint density at radius 2 is 1.69 bits per heavy atom. The first-order chi connectivity index (χ1) is 12.7. The Morgan fingerprint density at radius 1 is 1.00 bits per heavy atom. The molecule has 2 aliphatic heterocycles. The van der Waals surface area contributed by atoms with Gasteiger partial charge in [-0.25, -0.2) is 14.4 Å². The molecule has 3 heterocycles. The van der Waals surface area contributed by atoms with Crippen LogP contribution in [0.15, 0.2) is 12.4 Å². The monoisotopic (exact) mass is 360 g/mol. The summed E-state index contributed by atoms with van der Waals surface area (Å²) in [7, 11) is 0. The third-order valence-electron chi connectivity index (χ3n) is 6.59. The molecule has 1 spiro atoms. The highest BCUT2D eigenvalue weighted by Gasteiger charge is 2.52. The molecule has 2 saturated heterocycles. The van der Waals surface area contributed by atoms with Crippen LogP contribution < -0.4 is 4.90 Å². The fourth-order valence-corrected chi connectivity index (χ4v) is 4.67. The number of likely N-dealkylation sites (tertiary alicyclic amines) is 1. The van der Waals surface area contributed by atoms with Crippen molar-refractivity contribution >= 4 is 5.95 Å². The molecule has 0 amide bonds. The molecule has 1 aromatic heterocycles. The highest BCUT2D eigenvalue weighted by molar-refractivity contribution is 5.38. The van der Waals surface area contributed by atoms with Crippen molar-refractivity contribution < 1.29 is 9.13 Å². The third-order valence-corrected chi connectivity index (χ3v) is 6.59. The van der Waals surface area contributed by atoms with Crippen LogP contribution >= 0.6 is 0 Å². The number of nitrogens with zero attached hydrogens (tertiary/aromatic N) is 4. The Bertz CT molecular complexity index is 625. The maximum Gasteiger partial charge on any atom is 0.225 e. The van der Waals surface area contributed by atoms with E-state index in [0.29, 0.717) is 11.9 Å². The van der Waals surface area contributed by atoms with Gasteiger partial charge in [0.2, 0.25) is 5.95 Å². The van der Waals surface area contributed by atoms with Gasteiger partial charge in [-0.1, -0.05) is 0 Å². The van der Waals surface area contributed by atoms with E-state index in [1.807, 2.05) is 0 Å². The molecule has 2 aliphatic carbocycles. The minimum absolute atomic E-state index is 0.242. The van der Waals surface area contributed by atoms with Crippen LogP contribution in [0, 0.1) is 23.6 Å². The van der Waals surface area contributed by atoms with Crippen LogP contribution in [0.3, 0.4) is 0 Å². The Morgan fingerprint density at radius 3 is 2.38 bits per heavy atom. The van der Waals surface area contributed by atoms with Gasteiger partial charge in [-0.3, -0.25) is 4.90 Å². The van der Waals surface area contributed by atoms with Crippen LogP contribution in [0.1, 0.15) is 38.5 Å². The lowest BCUT2D eigenvalue weighted by Gasteiger charge is -2.59. The van der Waals surface area contributed by atoms with E-state index in [-0.39, 0.29) is 11.4 Å². The van der Waals surface area contributed by atoms with Crippen molar-refractivity contribution in [3.05, 3.63) is 18.2 Å². The van der Waals surface area contributed by atoms with Crippen molar-refractivity contribution in [1.82, 2.24) is 14.9 Å². The van der Waals surface area contributed by atoms with Crippen molar-refractivity contribution in [3.63, 3.8) is 0 Å². The van der Waals surface area contributed by atoms with Gasteiger partial charge in [0.25, 0.3) is 0 Å². The van der Waals surface area contributed by atoms with Crippen molar-refractivity contribution in [1.29, 1.82) is 0 Å². The number of piperidine rings is 1. The average Bonchev–Trinajstić information content (AvgIpc) is 3.50. The van der Waals surface area contributed by atoms with Crippen LogP contribution in [0.4, 0.5) is 10.3 Å². The van der Waals surface area contributed by atoms with E-state index in [0.717, 1.165) is 38.1 Å². The minimum Gasteiger partial charge on any atom is -0.381 e. The second-order valence-electron chi connectivity index (χ2n) is 9.01. The van der Waals surface area contributed by atoms with Gasteiger partial charge >= 0.3 is 0 Å². The van der Waals surface area contributed by atoms with E-state index >= 15 is 0 Å². The smallest absolute Gasteiger partial charge is 0.225 e. The van der Waals surface area contributed by atoms with Crippen molar-refractivity contribution in [3.8, 4) is 0 Å². The molecule has 5 rings (SSSR count). The summed E-state index contributed by atoms with van der Waals surface area (Å²) in [6.07, 6.45) is 10.5. The Balaban J connectivity index is 1.22. The topological polar surface area (TPSA) is 41.5 Å². The summed E-state index contributed by atoms with van der Waals surface area (Å²) < 4.78 is 19.1. The number of hydrogen-bond donors (Lipinski definition) is 0. The number of aromatic nitrogens is 2. The Kier molecular flexibility index (Phi) is 4.36. The molecular formula is C20H29FN4O. The summed E-state index contributed by atoms with van der Waals surface area (Å²) in [4.78, 5) is 13.3. The first kappa shape index (κ1) is 16.9. The number of ether oxygens (including phenoxy) is 1. The SMILES string of the molecule is Fc1cnc(N2CC3(C[C@H](COCC4CC4)CCN3CC3CC3)C2)nc1. The predicted molar refractivity (Wildman–Crippen MR) is 97.5 cm³/mol. The molecule has 1 atom stereocenters. The van der Waals surface area contributed by atoms with Crippen LogP contribution in [-0.4, -0.2) is 59.8 Å². The molecule has 0 radical (unpaired) electrons. The zero-order valence-corrected chi connectivity index (χ0v) is 15.4. The molecule has 0 N–H and O–H groups in total.